The number of nitrogens with zero attached hydrogens (tertiary/aromatic N) is 1. The first-order valence-corrected chi connectivity index (χ1v) is 9.43. The molecule has 2 aromatic rings. The molecule has 1 aliphatic heterocycles. The molecule has 140 valence electrons. The average Bonchev–Trinajstić information content (AvgIpc) is 2.63. The van der Waals surface area contributed by atoms with Crippen LogP contribution in [0.1, 0.15) is 53.7 Å². The van der Waals surface area contributed by atoms with Gasteiger partial charge < -0.3 is 9.64 Å². The topological polar surface area (TPSA) is 46.6 Å². The summed E-state index contributed by atoms with van der Waals surface area (Å²) in [5, 5.41) is 0.618. The summed E-state index contributed by atoms with van der Waals surface area (Å²) in [6, 6.07) is 10.9. The largest absolute Gasteiger partial charge is 0.462 e. The second-order valence-corrected chi connectivity index (χ2v) is 6.98. The Morgan fingerprint density at radius 3 is 2.63 bits per heavy atom. The normalized spacial score (nSPS) is 13.8. The number of ether oxygens (including phenoxy) is 1. The average molecular weight is 384 g/mol. The van der Waals surface area contributed by atoms with E-state index in [0.717, 1.165) is 35.2 Å². The van der Waals surface area contributed by atoms with Crippen molar-refractivity contribution in [2.45, 2.75) is 33.2 Å². The quantitative estimate of drug-likeness (QED) is 0.529. The van der Waals surface area contributed by atoms with Crippen LogP contribution in [0.5, 0.6) is 0 Å². The molecule has 0 saturated heterocycles. The van der Waals surface area contributed by atoms with Crippen molar-refractivity contribution in [3.05, 3.63) is 63.7 Å². The zero-order valence-electron chi connectivity index (χ0n) is 15.5. The predicted molar refractivity (Wildman–Crippen MR) is 109 cm³/mol. The maximum Gasteiger partial charge on any atom is 0.338 e. The van der Waals surface area contributed by atoms with Gasteiger partial charge in [-0.1, -0.05) is 43.2 Å². The Hall–Kier alpha value is -2.59. The number of unbranched alkanes of at least 4 members (excludes halogenated alkanes) is 1. The maximum atomic E-state index is 12.3. The van der Waals surface area contributed by atoms with Crippen LogP contribution in [0.25, 0.3) is 12.2 Å². The first-order valence-electron chi connectivity index (χ1n) is 9.05. The monoisotopic (exact) mass is 383 g/mol. The van der Waals surface area contributed by atoms with E-state index in [-0.39, 0.29) is 11.9 Å². The number of hydrogen-bond acceptors (Lipinski definition) is 3. The van der Waals surface area contributed by atoms with Crippen LogP contribution >= 0.6 is 11.6 Å². The van der Waals surface area contributed by atoms with Crippen LogP contribution in [0.4, 0.5) is 5.69 Å². The Kier molecular flexibility index (Phi) is 5.97. The maximum absolute atomic E-state index is 12.3. The van der Waals surface area contributed by atoms with Gasteiger partial charge in [0.2, 0.25) is 5.91 Å². The molecule has 2 aromatic carbocycles. The van der Waals surface area contributed by atoms with Crippen LogP contribution in [0.2, 0.25) is 5.02 Å². The lowest BCUT2D eigenvalue weighted by Crippen LogP contribution is -2.29. The van der Waals surface area contributed by atoms with Crippen molar-refractivity contribution in [2.75, 3.05) is 11.5 Å². The SMILES string of the molecule is CCCCOC(=O)c1ccc2c(c1)CN(C(C)=O)c1ccc(Cl)cc1/C=C\2. The number of carbonyl (C=O) groups is 2. The number of fused-ring (bicyclic) bond motifs is 2. The molecule has 1 amide bonds. The second-order valence-electron chi connectivity index (χ2n) is 6.54. The van der Waals surface area contributed by atoms with Crippen molar-refractivity contribution in [2.24, 2.45) is 0 Å². The van der Waals surface area contributed by atoms with E-state index in [0.29, 0.717) is 23.7 Å². The van der Waals surface area contributed by atoms with Gasteiger partial charge >= 0.3 is 5.97 Å². The van der Waals surface area contributed by atoms with Gasteiger partial charge in [0.1, 0.15) is 0 Å². The van der Waals surface area contributed by atoms with Crippen molar-refractivity contribution in [1.82, 2.24) is 0 Å². The fourth-order valence-electron chi connectivity index (χ4n) is 3.05. The van der Waals surface area contributed by atoms with Crippen LogP contribution in [0.3, 0.4) is 0 Å². The van der Waals surface area contributed by atoms with Crippen molar-refractivity contribution in [3.8, 4) is 0 Å². The molecule has 1 aliphatic rings. The standard InChI is InChI=1S/C22H22ClNO3/c1-3-4-11-27-22(26)18-8-6-16-5-7-17-13-20(23)9-10-21(17)24(15(2)25)14-19(16)12-18/h5-10,12-13H,3-4,11,14H2,1-2H3/b7-5-. The number of hydrogen-bond donors (Lipinski definition) is 0. The van der Waals surface area contributed by atoms with Gasteiger partial charge in [-0.3, -0.25) is 4.79 Å². The van der Waals surface area contributed by atoms with Crippen LogP contribution in [-0.4, -0.2) is 18.5 Å². The Labute approximate surface area is 164 Å². The Bertz CT molecular complexity index is 904. The molecular weight excluding hydrogens is 362 g/mol. The molecule has 4 nitrogen and oxygen atoms in total. The van der Waals surface area contributed by atoms with Gasteiger partial charge in [0.25, 0.3) is 0 Å². The van der Waals surface area contributed by atoms with Gasteiger partial charge in [0, 0.05) is 11.9 Å². The molecular formula is C22H22ClNO3. The fraction of sp³-hybridized carbons (Fsp3) is 0.273. The van der Waals surface area contributed by atoms with E-state index in [1.54, 1.807) is 17.0 Å². The number of esters is 1. The van der Waals surface area contributed by atoms with Crippen LogP contribution in [0.15, 0.2) is 36.4 Å². The van der Waals surface area contributed by atoms with Crippen molar-refractivity contribution in [3.63, 3.8) is 0 Å². The summed E-state index contributed by atoms with van der Waals surface area (Å²) < 4.78 is 5.31. The van der Waals surface area contributed by atoms with Crippen molar-refractivity contribution in [1.29, 1.82) is 0 Å². The molecule has 0 aliphatic carbocycles. The van der Waals surface area contributed by atoms with Crippen molar-refractivity contribution < 1.29 is 14.3 Å². The summed E-state index contributed by atoms with van der Waals surface area (Å²) in [7, 11) is 0. The molecule has 0 radical (unpaired) electrons. The van der Waals surface area contributed by atoms with Crippen molar-refractivity contribution >= 4 is 41.3 Å². The molecule has 0 bridgehead atoms. The van der Waals surface area contributed by atoms with Gasteiger partial charge in [-0.2, -0.15) is 0 Å². The van der Waals surface area contributed by atoms with E-state index >= 15 is 0 Å². The number of rotatable bonds is 4. The first-order chi connectivity index (χ1) is 13.0. The number of halogens is 1. The number of anilines is 1. The third-order valence-electron chi connectivity index (χ3n) is 4.54. The van der Waals surface area contributed by atoms with Crippen LogP contribution in [0, 0.1) is 0 Å². The van der Waals surface area contributed by atoms with E-state index in [2.05, 4.69) is 0 Å². The van der Waals surface area contributed by atoms with Crippen LogP contribution < -0.4 is 4.90 Å². The summed E-state index contributed by atoms with van der Waals surface area (Å²) in [4.78, 5) is 26.3. The Morgan fingerprint density at radius 1 is 1.11 bits per heavy atom. The summed E-state index contributed by atoms with van der Waals surface area (Å²) in [5.41, 5.74) is 4.03. The highest BCUT2D eigenvalue weighted by molar-refractivity contribution is 6.30. The third-order valence-corrected chi connectivity index (χ3v) is 4.78. The number of carbonyl (C=O) groups excluding carboxylic acids is 2. The second kappa shape index (κ2) is 8.40. The highest BCUT2D eigenvalue weighted by Gasteiger charge is 2.20. The lowest BCUT2D eigenvalue weighted by atomic mass is 9.99. The molecule has 0 saturated carbocycles. The first kappa shape index (κ1) is 19.2. The highest BCUT2D eigenvalue weighted by atomic mass is 35.5. The highest BCUT2D eigenvalue weighted by Crippen LogP contribution is 2.31. The zero-order valence-corrected chi connectivity index (χ0v) is 16.3. The summed E-state index contributed by atoms with van der Waals surface area (Å²) >= 11 is 6.12. The van der Waals surface area contributed by atoms with Gasteiger partial charge in [-0.05, 0) is 53.4 Å². The van der Waals surface area contributed by atoms with Gasteiger partial charge in [-0.15, -0.1) is 0 Å². The molecule has 27 heavy (non-hydrogen) atoms. The zero-order chi connectivity index (χ0) is 19.4. The molecule has 0 aromatic heterocycles. The molecule has 0 fully saturated rings. The van der Waals surface area contributed by atoms with E-state index in [9.17, 15) is 9.59 Å². The number of amides is 1. The minimum absolute atomic E-state index is 0.0734. The minimum atomic E-state index is -0.334. The Morgan fingerprint density at radius 2 is 1.89 bits per heavy atom. The van der Waals surface area contributed by atoms with E-state index in [1.807, 2.05) is 43.3 Å². The smallest absolute Gasteiger partial charge is 0.338 e. The van der Waals surface area contributed by atoms with E-state index in [4.69, 9.17) is 16.3 Å². The number of benzene rings is 2. The fourth-order valence-corrected chi connectivity index (χ4v) is 3.23. The summed E-state index contributed by atoms with van der Waals surface area (Å²) in [5.74, 6) is -0.408. The Balaban J connectivity index is 1.98. The van der Waals surface area contributed by atoms with E-state index in [1.165, 1.54) is 6.92 Å². The van der Waals surface area contributed by atoms with Gasteiger partial charge in [0.05, 0.1) is 24.4 Å². The minimum Gasteiger partial charge on any atom is -0.462 e. The third kappa shape index (κ3) is 4.40. The van der Waals surface area contributed by atoms with E-state index < -0.39 is 0 Å². The molecule has 0 N–H and O–H groups in total. The molecule has 1 heterocycles. The van der Waals surface area contributed by atoms with Gasteiger partial charge in [0.15, 0.2) is 0 Å². The molecule has 0 spiro atoms. The molecule has 0 atom stereocenters. The van der Waals surface area contributed by atoms with Crippen LogP contribution in [-0.2, 0) is 16.1 Å². The lowest BCUT2D eigenvalue weighted by molar-refractivity contribution is -0.116. The van der Waals surface area contributed by atoms with Gasteiger partial charge in [-0.25, -0.2) is 4.79 Å². The summed E-state index contributed by atoms with van der Waals surface area (Å²) in [6.07, 6.45) is 5.73. The summed E-state index contributed by atoms with van der Waals surface area (Å²) in [6.45, 7) is 4.37. The molecule has 3 rings (SSSR count). The predicted octanol–water partition coefficient (Wildman–Crippen LogP) is 5.33. The molecule has 5 heteroatoms. The molecule has 0 unspecified atom stereocenters. The lowest BCUT2D eigenvalue weighted by Gasteiger charge is -2.26.